The van der Waals surface area contributed by atoms with E-state index in [1.165, 1.54) is 55.6 Å². The first-order valence-corrected chi connectivity index (χ1v) is 11.8. The van der Waals surface area contributed by atoms with E-state index in [1.807, 2.05) is 6.92 Å². The minimum atomic E-state index is -4.28. The minimum Gasteiger partial charge on any atom is -0.495 e. The molecule has 3 aromatic carbocycles. The Balaban J connectivity index is 2.00. The maximum Gasteiger partial charge on any atom is 0.278 e. The van der Waals surface area contributed by atoms with Crippen LogP contribution in [0.2, 0.25) is 15.1 Å². The van der Waals surface area contributed by atoms with E-state index in [4.69, 9.17) is 44.3 Å². The molecule has 0 N–H and O–H groups in total. The van der Waals surface area contributed by atoms with E-state index >= 15 is 0 Å². The molecule has 0 atom stereocenters. The molecule has 0 saturated heterocycles. The molecule has 0 aliphatic carbocycles. The number of sulfonamides is 1. The predicted molar refractivity (Wildman–Crippen MR) is 126 cm³/mol. The number of methoxy groups -OCH3 is 1. The Morgan fingerprint density at radius 3 is 2.12 bits per heavy atom. The monoisotopic (exact) mass is 513 g/mol. The normalized spacial score (nSPS) is 11.2. The highest BCUT2D eigenvalue weighted by Gasteiger charge is 2.32. The van der Waals surface area contributed by atoms with E-state index in [0.29, 0.717) is 15.1 Å². The second kappa shape index (κ2) is 10.0. The molecule has 3 aromatic rings. The summed E-state index contributed by atoms with van der Waals surface area (Å²) in [5.74, 6) is -0.331. The van der Waals surface area contributed by atoms with Crippen molar-refractivity contribution in [2.24, 2.45) is 0 Å². The van der Waals surface area contributed by atoms with Crippen molar-refractivity contribution in [3.63, 3.8) is 0 Å². The molecule has 6 nitrogen and oxygen atoms in total. The highest BCUT2D eigenvalue weighted by molar-refractivity contribution is 7.93. The van der Waals surface area contributed by atoms with Gasteiger partial charge in [-0.05, 0) is 55.5 Å². The quantitative estimate of drug-likeness (QED) is 0.400. The van der Waals surface area contributed by atoms with Gasteiger partial charge in [0.15, 0.2) is 6.61 Å². The number of halogens is 3. The summed E-state index contributed by atoms with van der Waals surface area (Å²) in [6.45, 7) is 1.22. The van der Waals surface area contributed by atoms with Crippen molar-refractivity contribution in [3.8, 4) is 11.5 Å². The molecule has 0 saturated carbocycles. The Kier molecular flexibility index (Phi) is 7.56. The van der Waals surface area contributed by atoms with Gasteiger partial charge >= 0.3 is 0 Å². The summed E-state index contributed by atoms with van der Waals surface area (Å²) in [6, 6.07) is 14.8. The molecule has 0 aliphatic rings. The maximum absolute atomic E-state index is 13.4. The molecule has 0 aromatic heterocycles. The van der Waals surface area contributed by atoms with Crippen molar-refractivity contribution < 1.29 is 22.7 Å². The van der Waals surface area contributed by atoms with Gasteiger partial charge in [-0.1, -0.05) is 52.5 Å². The first-order valence-electron chi connectivity index (χ1n) is 9.19. The fraction of sp³-hybridized carbons (Fsp3) is 0.136. The van der Waals surface area contributed by atoms with E-state index in [1.54, 1.807) is 12.1 Å². The average molecular weight is 515 g/mol. The number of anilines is 1. The molecular formula is C22H18Cl3NO5S. The molecule has 0 fully saturated rings. The van der Waals surface area contributed by atoms with Crippen molar-refractivity contribution in [1.82, 2.24) is 0 Å². The van der Waals surface area contributed by atoms with Gasteiger partial charge in [-0.2, -0.15) is 4.31 Å². The average Bonchev–Trinajstić information content (AvgIpc) is 2.73. The molecule has 3 rings (SSSR count). The minimum absolute atomic E-state index is 0.0344. The lowest BCUT2D eigenvalue weighted by atomic mass is 10.2. The molecule has 0 aliphatic heterocycles. The van der Waals surface area contributed by atoms with Gasteiger partial charge < -0.3 is 9.47 Å². The highest BCUT2D eigenvalue weighted by atomic mass is 35.5. The van der Waals surface area contributed by atoms with E-state index in [0.717, 1.165) is 5.56 Å². The van der Waals surface area contributed by atoms with Crippen molar-refractivity contribution in [2.75, 3.05) is 18.0 Å². The third-order valence-electron chi connectivity index (χ3n) is 4.40. The van der Waals surface area contributed by atoms with Crippen LogP contribution < -0.4 is 13.8 Å². The molecule has 32 heavy (non-hydrogen) atoms. The lowest BCUT2D eigenvalue weighted by Gasteiger charge is -2.23. The van der Waals surface area contributed by atoms with Crippen molar-refractivity contribution >= 4 is 56.4 Å². The van der Waals surface area contributed by atoms with E-state index in [9.17, 15) is 13.2 Å². The zero-order valence-electron chi connectivity index (χ0n) is 17.0. The summed E-state index contributed by atoms with van der Waals surface area (Å²) in [5, 5.41) is 0.722. The van der Waals surface area contributed by atoms with E-state index in [-0.39, 0.29) is 26.4 Å². The Labute approximate surface area is 201 Å². The zero-order valence-corrected chi connectivity index (χ0v) is 20.1. The number of nitrogens with zero attached hydrogens (tertiary/aromatic N) is 1. The summed E-state index contributed by atoms with van der Waals surface area (Å²) < 4.78 is 38.1. The van der Waals surface area contributed by atoms with Gasteiger partial charge in [0.1, 0.15) is 11.5 Å². The zero-order chi connectivity index (χ0) is 23.5. The van der Waals surface area contributed by atoms with Crippen LogP contribution in [-0.4, -0.2) is 28.0 Å². The summed E-state index contributed by atoms with van der Waals surface area (Å²) in [5.41, 5.74) is 0.905. The maximum atomic E-state index is 13.4. The Bertz CT molecular complexity index is 1250. The second-order valence-electron chi connectivity index (χ2n) is 6.66. The number of benzene rings is 3. The number of amides is 1. The SMILES string of the molecule is COc1ccc(N(C(=O)COc2ccc(Cl)cc2Cl)S(=O)(=O)c2ccc(C)cc2)cc1Cl. The number of hydrogen-bond donors (Lipinski definition) is 0. The summed E-state index contributed by atoms with van der Waals surface area (Å²) in [7, 11) is -2.85. The van der Waals surface area contributed by atoms with Gasteiger partial charge in [0.05, 0.1) is 27.7 Å². The van der Waals surface area contributed by atoms with Gasteiger partial charge in [-0.3, -0.25) is 4.79 Å². The largest absolute Gasteiger partial charge is 0.495 e. The van der Waals surface area contributed by atoms with E-state index < -0.39 is 22.5 Å². The summed E-state index contributed by atoms with van der Waals surface area (Å²) in [4.78, 5) is 13.1. The third kappa shape index (κ3) is 5.30. The van der Waals surface area contributed by atoms with Gasteiger partial charge in [0.2, 0.25) is 0 Å². The lowest BCUT2D eigenvalue weighted by molar-refractivity contribution is -0.119. The van der Waals surface area contributed by atoms with Crippen LogP contribution in [0.1, 0.15) is 5.56 Å². The fourth-order valence-corrected chi connectivity index (χ4v) is 4.92. The summed E-state index contributed by atoms with van der Waals surface area (Å²) >= 11 is 18.1. The van der Waals surface area contributed by atoms with Crippen LogP contribution in [0.3, 0.4) is 0 Å². The number of ether oxygens (including phenoxy) is 2. The number of aryl methyl sites for hydroxylation is 1. The third-order valence-corrected chi connectivity index (χ3v) is 6.99. The first kappa shape index (κ1) is 24.2. The van der Waals surface area contributed by atoms with Crippen molar-refractivity contribution in [3.05, 3.63) is 81.3 Å². The van der Waals surface area contributed by atoms with Gasteiger partial charge in [0, 0.05) is 5.02 Å². The van der Waals surface area contributed by atoms with Crippen LogP contribution >= 0.6 is 34.8 Å². The number of hydrogen-bond acceptors (Lipinski definition) is 5. The molecule has 0 bridgehead atoms. The molecule has 0 heterocycles. The van der Waals surface area contributed by atoms with Crippen LogP contribution in [0.4, 0.5) is 5.69 Å². The number of carbonyl (C=O) groups is 1. The fourth-order valence-electron chi connectivity index (χ4n) is 2.80. The van der Waals surface area contributed by atoms with Crippen molar-refractivity contribution in [1.29, 1.82) is 0 Å². The molecule has 168 valence electrons. The standard InChI is InChI=1S/C22H18Cl3NO5S/c1-14-3-7-17(8-4-14)32(28,29)26(16-6-10-20(30-2)19(25)12-16)22(27)13-31-21-9-5-15(23)11-18(21)24/h3-12H,13H2,1-2H3. The number of rotatable bonds is 7. The molecule has 0 unspecified atom stereocenters. The lowest BCUT2D eigenvalue weighted by Crippen LogP contribution is -2.40. The second-order valence-corrected chi connectivity index (χ2v) is 9.70. The first-order chi connectivity index (χ1) is 15.1. The molecule has 10 heteroatoms. The smallest absolute Gasteiger partial charge is 0.278 e. The van der Waals surface area contributed by atoms with Crippen LogP contribution in [-0.2, 0) is 14.8 Å². The van der Waals surface area contributed by atoms with Crippen molar-refractivity contribution in [2.45, 2.75) is 11.8 Å². The molecule has 0 radical (unpaired) electrons. The van der Waals surface area contributed by atoms with Gasteiger partial charge in [0.25, 0.3) is 15.9 Å². The number of carbonyl (C=O) groups excluding carboxylic acids is 1. The van der Waals surface area contributed by atoms with Crippen LogP contribution in [0.15, 0.2) is 65.6 Å². The molecule has 0 spiro atoms. The Morgan fingerprint density at radius 2 is 1.53 bits per heavy atom. The molecule has 1 amide bonds. The highest BCUT2D eigenvalue weighted by Crippen LogP contribution is 2.33. The van der Waals surface area contributed by atoms with Crippen LogP contribution in [0, 0.1) is 6.92 Å². The summed E-state index contributed by atoms with van der Waals surface area (Å²) in [6.07, 6.45) is 0. The van der Waals surface area contributed by atoms with Crippen LogP contribution in [0.5, 0.6) is 11.5 Å². The Morgan fingerprint density at radius 1 is 0.906 bits per heavy atom. The van der Waals surface area contributed by atoms with E-state index in [2.05, 4.69) is 0 Å². The Hall–Kier alpha value is -2.45. The van der Waals surface area contributed by atoms with Gasteiger partial charge in [-0.15, -0.1) is 0 Å². The topological polar surface area (TPSA) is 72.9 Å². The van der Waals surface area contributed by atoms with Gasteiger partial charge in [-0.25, -0.2) is 8.42 Å². The molecular weight excluding hydrogens is 497 g/mol. The van der Waals surface area contributed by atoms with Crippen LogP contribution in [0.25, 0.3) is 0 Å². The predicted octanol–water partition coefficient (Wildman–Crippen LogP) is 5.76.